The summed E-state index contributed by atoms with van der Waals surface area (Å²) in [6.07, 6.45) is 0. The molecule has 1 aromatic heterocycles. The fourth-order valence-corrected chi connectivity index (χ4v) is 3.70. The highest BCUT2D eigenvalue weighted by Gasteiger charge is 2.21. The number of nitrogens with one attached hydrogen (secondary N) is 1. The summed E-state index contributed by atoms with van der Waals surface area (Å²) in [6.45, 7) is 4.02. The number of aromatic nitrogens is 3. The van der Waals surface area contributed by atoms with E-state index in [-0.39, 0.29) is 18.8 Å². The lowest BCUT2D eigenvalue weighted by Crippen LogP contribution is -2.46. The Morgan fingerprint density at radius 3 is 2.37 bits per heavy atom. The number of hydrogen-bond donors (Lipinski definition) is 1. The molecule has 1 heterocycles. The van der Waals surface area contributed by atoms with Crippen molar-refractivity contribution in [3.8, 4) is 11.4 Å². The highest BCUT2D eigenvalue weighted by molar-refractivity contribution is 5.91. The van der Waals surface area contributed by atoms with Gasteiger partial charge in [0.2, 0.25) is 5.69 Å². The summed E-state index contributed by atoms with van der Waals surface area (Å²) in [5.41, 5.74) is 2.24. The Labute approximate surface area is 202 Å². The van der Waals surface area contributed by atoms with Crippen molar-refractivity contribution in [1.29, 1.82) is 0 Å². The van der Waals surface area contributed by atoms with Crippen LogP contribution in [0.3, 0.4) is 0 Å². The number of benzene rings is 3. The van der Waals surface area contributed by atoms with Crippen molar-refractivity contribution >= 4 is 5.91 Å². The zero-order chi connectivity index (χ0) is 24.9. The summed E-state index contributed by atoms with van der Waals surface area (Å²) in [7, 11) is 1.55. The van der Waals surface area contributed by atoms with Gasteiger partial charge in [-0.3, -0.25) is 14.2 Å². The van der Waals surface area contributed by atoms with E-state index >= 15 is 0 Å². The Kier molecular flexibility index (Phi) is 6.91. The zero-order valence-corrected chi connectivity index (χ0v) is 19.8. The SMILES string of the molecule is COc1ccccc1CNC(=O)c1nn(-c2ccc(C)c(C)c2)c(=O)n(Cc2ccccc2)c1=O. The van der Waals surface area contributed by atoms with E-state index in [1.54, 1.807) is 25.3 Å². The number of carbonyl (C=O) groups excluding carboxylic acids is 1. The van der Waals surface area contributed by atoms with Crippen LogP contribution in [0.5, 0.6) is 5.75 Å². The van der Waals surface area contributed by atoms with Crippen LogP contribution in [0.25, 0.3) is 5.69 Å². The van der Waals surface area contributed by atoms with Gasteiger partial charge in [0, 0.05) is 12.1 Å². The topological polar surface area (TPSA) is 95.2 Å². The lowest BCUT2D eigenvalue weighted by Gasteiger charge is -2.14. The summed E-state index contributed by atoms with van der Waals surface area (Å²) in [5, 5.41) is 6.93. The summed E-state index contributed by atoms with van der Waals surface area (Å²) < 4.78 is 7.47. The predicted molar refractivity (Wildman–Crippen MR) is 133 cm³/mol. The van der Waals surface area contributed by atoms with Crippen LogP contribution < -0.4 is 21.3 Å². The smallest absolute Gasteiger partial charge is 0.352 e. The van der Waals surface area contributed by atoms with Gasteiger partial charge < -0.3 is 10.1 Å². The van der Waals surface area contributed by atoms with Crippen LogP contribution in [0.4, 0.5) is 0 Å². The maximum atomic E-state index is 13.3. The summed E-state index contributed by atoms with van der Waals surface area (Å²) in [4.78, 5) is 39.7. The summed E-state index contributed by atoms with van der Waals surface area (Å²) in [6, 6.07) is 21.8. The maximum Gasteiger partial charge on any atom is 0.352 e. The van der Waals surface area contributed by atoms with Gasteiger partial charge in [-0.05, 0) is 48.7 Å². The molecule has 4 aromatic rings. The van der Waals surface area contributed by atoms with Crippen LogP contribution in [-0.4, -0.2) is 27.4 Å². The molecule has 0 spiro atoms. The number of carbonyl (C=O) groups is 1. The molecular formula is C27H26N4O4. The quantitative estimate of drug-likeness (QED) is 0.448. The van der Waals surface area contributed by atoms with Crippen molar-refractivity contribution in [3.63, 3.8) is 0 Å². The molecule has 1 N–H and O–H groups in total. The Hall–Kier alpha value is -4.46. The van der Waals surface area contributed by atoms with Crippen molar-refractivity contribution in [2.45, 2.75) is 26.9 Å². The monoisotopic (exact) mass is 470 g/mol. The molecule has 3 aromatic carbocycles. The number of ether oxygens (including phenoxy) is 1. The first-order valence-electron chi connectivity index (χ1n) is 11.1. The third kappa shape index (κ3) is 5.06. The molecule has 0 aliphatic carbocycles. The third-order valence-electron chi connectivity index (χ3n) is 5.83. The molecule has 0 radical (unpaired) electrons. The molecule has 0 atom stereocenters. The van der Waals surface area contributed by atoms with Crippen LogP contribution in [-0.2, 0) is 13.1 Å². The summed E-state index contributed by atoms with van der Waals surface area (Å²) in [5.74, 6) is -0.0670. The van der Waals surface area contributed by atoms with Gasteiger partial charge in [0.15, 0.2) is 0 Å². The number of para-hydroxylation sites is 1. The number of nitrogens with zero attached hydrogens (tertiary/aromatic N) is 3. The van der Waals surface area contributed by atoms with Crippen molar-refractivity contribution in [1.82, 2.24) is 19.7 Å². The first-order valence-corrected chi connectivity index (χ1v) is 11.1. The van der Waals surface area contributed by atoms with Gasteiger partial charge in [-0.2, -0.15) is 9.78 Å². The molecule has 178 valence electrons. The molecule has 0 fully saturated rings. The molecule has 8 nitrogen and oxygen atoms in total. The number of aryl methyl sites for hydroxylation is 2. The second-order valence-electron chi connectivity index (χ2n) is 8.18. The van der Waals surface area contributed by atoms with Crippen LogP contribution in [0.1, 0.15) is 32.7 Å². The summed E-state index contributed by atoms with van der Waals surface area (Å²) >= 11 is 0. The Balaban J connectivity index is 1.78. The maximum absolute atomic E-state index is 13.3. The average molecular weight is 471 g/mol. The van der Waals surface area contributed by atoms with Crippen molar-refractivity contribution in [3.05, 3.63) is 122 Å². The van der Waals surface area contributed by atoms with Crippen molar-refractivity contribution in [2.24, 2.45) is 0 Å². The lowest BCUT2D eigenvalue weighted by atomic mass is 10.1. The highest BCUT2D eigenvalue weighted by Crippen LogP contribution is 2.17. The standard InChI is InChI=1S/C27H26N4O4/c1-18-13-14-22(15-19(18)2)31-27(34)30(17-20-9-5-4-6-10-20)26(33)24(29-31)25(32)28-16-21-11-7-8-12-23(21)35-3/h4-15H,16-17H2,1-3H3,(H,28,32). The van der Waals surface area contributed by atoms with E-state index in [1.165, 1.54) is 0 Å². The second-order valence-corrected chi connectivity index (χ2v) is 8.18. The molecule has 0 saturated heterocycles. The molecule has 0 saturated carbocycles. The molecule has 0 aliphatic heterocycles. The molecular weight excluding hydrogens is 444 g/mol. The van der Waals surface area contributed by atoms with Crippen molar-refractivity contribution < 1.29 is 9.53 Å². The van der Waals surface area contributed by atoms with Crippen LogP contribution in [0.15, 0.2) is 82.4 Å². The highest BCUT2D eigenvalue weighted by atomic mass is 16.5. The van der Waals surface area contributed by atoms with Crippen LogP contribution in [0, 0.1) is 13.8 Å². The van der Waals surface area contributed by atoms with E-state index < -0.39 is 17.2 Å². The predicted octanol–water partition coefficient (Wildman–Crippen LogP) is 3.00. The van der Waals surface area contributed by atoms with Crippen LogP contribution >= 0.6 is 0 Å². The largest absolute Gasteiger partial charge is 0.496 e. The van der Waals surface area contributed by atoms with E-state index in [4.69, 9.17) is 4.74 Å². The molecule has 0 aliphatic rings. The van der Waals surface area contributed by atoms with Gasteiger partial charge in [-0.1, -0.05) is 54.6 Å². The Morgan fingerprint density at radius 1 is 0.943 bits per heavy atom. The fraction of sp³-hybridized carbons (Fsp3) is 0.185. The first-order chi connectivity index (χ1) is 16.9. The zero-order valence-electron chi connectivity index (χ0n) is 19.8. The minimum atomic E-state index is -0.753. The van der Waals surface area contributed by atoms with E-state index in [0.29, 0.717) is 11.4 Å². The van der Waals surface area contributed by atoms with Gasteiger partial charge in [-0.15, -0.1) is 0 Å². The van der Waals surface area contributed by atoms with Crippen LogP contribution in [0.2, 0.25) is 0 Å². The molecule has 0 bridgehead atoms. The van der Waals surface area contributed by atoms with E-state index in [1.807, 2.05) is 68.4 Å². The molecule has 35 heavy (non-hydrogen) atoms. The normalized spacial score (nSPS) is 10.7. The minimum Gasteiger partial charge on any atom is -0.496 e. The third-order valence-corrected chi connectivity index (χ3v) is 5.83. The minimum absolute atomic E-state index is 0.0126. The van der Waals surface area contributed by atoms with E-state index in [0.717, 1.165) is 31.5 Å². The Bertz CT molecular complexity index is 1490. The molecule has 0 unspecified atom stereocenters. The molecule has 8 heteroatoms. The first kappa shape index (κ1) is 23.7. The van der Waals surface area contributed by atoms with Gasteiger partial charge >= 0.3 is 5.69 Å². The van der Waals surface area contributed by atoms with Gasteiger partial charge in [0.25, 0.3) is 11.5 Å². The van der Waals surface area contributed by atoms with E-state index in [2.05, 4.69) is 10.4 Å². The number of methoxy groups -OCH3 is 1. The second kappa shape index (κ2) is 10.2. The van der Waals surface area contributed by atoms with E-state index in [9.17, 15) is 14.4 Å². The van der Waals surface area contributed by atoms with Gasteiger partial charge in [0.1, 0.15) is 5.75 Å². The molecule has 1 amide bonds. The lowest BCUT2D eigenvalue weighted by molar-refractivity contribution is 0.0941. The Morgan fingerprint density at radius 2 is 1.66 bits per heavy atom. The fourth-order valence-electron chi connectivity index (χ4n) is 3.70. The number of amides is 1. The van der Waals surface area contributed by atoms with Crippen molar-refractivity contribution in [2.75, 3.05) is 7.11 Å². The van der Waals surface area contributed by atoms with Gasteiger partial charge in [0.05, 0.1) is 19.3 Å². The number of rotatable bonds is 7. The molecule has 4 rings (SSSR count). The number of hydrogen-bond acceptors (Lipinski definition) is 5. The average Bonchev–Trinajstić information content (AvgIpc) is 2.87. The van der Waals surface area contributed by atoms with Gasteiger partial charge in [-0.25, -0.2) is 4.79 Å².